The molecule has 20 atom stereocenters. The highest BCUT2D eigenvalue weighted by Gasteiger charge is 2.54. The predicted octanol–water partition coefficient (Wildman–Crippen LogP) is 0.611. The minimum Gasteiger partial charge on any atom is -0.445 e. The highest BCUT2D eigenvalue weighted by molar-refractivity contribution is 7.99. The molecule has 0 aromatic heterocycles. The van der Waals surface area contributed by atoms with Crippen molar-refractivity contribution in [2.45, 2.75) is 138 Å². The standard InChI is InChI=1S/C41H58Cl12N4O25S/c1-71-30-18(54-34(67)74-10-38(42,43)44)26(64)23(61)16(80-30)8-73-31-19(55-35(68)75-11-39(45,46)47)27(65)24(62)17(81-31)9-83-5-3-2-4-72-32-21(57-37(70)77-13-41(51,52)53)29(25(63)15(7-59)78-32)82-33-20(28(66)22(60)14(6-58)79-33)56-36(69)76-12-40(48,49)50/h2-3,14-33,58-66H,4-13H2,1H3,(H,54,67)(H,55,68)(H,56,69)(H,57,70)/b3-2+/t14-,15-,16-,17-,18-,19-,20-,21-,22-,23-,24-,25-,26-,27-,28-,29-,30-,31-,32-,33+/m1/s1. The number of carbonyl (C=O) groups excluding carboxylic acids is 4. The van der Waals surface area contributed by atoms with E-state index >= 15 is 0 Å². The third kappa shape index (κ3) is 24.9. The maximum atomic E-state index is 13.1. The zero-order valence-corrected chi connectivity index (χ0v) is 52.2. The molecule has 4 aliphatic rings. The summed E-state index contributed by atoms with van der Waals surface area (Å²) in [6.07, 6.45) is -29.5. The molecular weight excluding hydrogens is 1410 g/mol. The number of hydrogen-bond donors (Lipinski definition) is 13. The molecule has 0 radical (unpaired) electrons. The van der Waals surface area contributed by atoms with Crippen LogP contribution in [0, 0.1) is 0 Å². The van der Waals surface area contributed by atoms with Gasteiger partial charge in [0.25, 0.3) is 0 Å². The lowest BCUT2D eigenvalue weighted by atomic mass is 9.94. The van der Waals surface area contributed by atoms with E-state index in [-0.39, 0.29) is 18.1 Å². The molecule has 4 rings (SSSR count). The SMILES string of the molecule is CO[C@@H]1O[C@H](CO[C@@H]2O[C@H](CSC/C=C/CO[C@@H]3O[C@H](CO)[C@@H](O)[C@H](O[C@@H]4O[C@H](CO)[C@@H](O)[C@H](O)[C@H]4NC(=O)OCC(Cl)(Cl)Cl)[C@H]3NC(=O)OCC(Cl)(Cl)Cl)[C@@H](O)[C@H](O)[C@H]2NC(=O)OCC(Cl)(Cl)Cl)[C@@H](O)[C@H](O)[C@H]1NC(=O)OCC(Cl)(Cl)Cl. The van der Waals surface area contributed by atoms with E-state index in [2.05, 4.69) is 21.3 Å². The van der Waals surface area contributed by atoms with Gasteiger partial charge in [-0.15, -0.1) is 0 Å². The molecule has 4 heterocycles. The van der Waals surface area contributed by atoms with Gasteiger partial charge in [-0.05, 0) is 0 Å². The molecule has 4 saturated heterocycles. The van der Waals surface area contributed by atoms with E-state index in [0.29, 0.717) is 0 Å². The fourth-order valence-electron chi connectivity index (χ4n) is 7.85. The number of aliphatic hydroxyl groups is 9. The molecule has 482 valence electrons. The van der Waals surface area contributed by atoms with Crippen molar-refractivity contribution in [3.8, 4) is 0 Å². The summed E-state index contributed by atoms with van der Waals surface area (Å²) in [5.41, 5.74) is 0. The predicted molar refractivity (Wildman–Crippen MR) is 295 cm³/mol. The van der Waals surface area contributed by atoms with Gasteiger partial charge in [0.05, 0.1) is 32.5 Å². The number of amides is 4. The van der Waals surface area contributed by atoms with E-state index in [1.54, 1.807) is 6.08 Å². The van der Waals surface area contributed by atoms with E-state index in [0.717, 1.165) is 18.9 Å². The van der Waals surface area contributed by atoms with Crippen molar-refractivity contribution in [1.29, 1.82) is 0 Å². The van der Waals surface area contributed by atoms with Crippen LogP contribution in [0.25, 0.3) is 0 Å². The van der Waals surface area contributed by atoms with Crippen molar-refractivity contribution in [1.82, 2.24) is 21.3 Å². The Hall–Kier alpha value is -0.0300. The first-order valence-corrected chi connectivity index (χ1v) is 29.5. The van der Waals surface area contributed by atoms with Crippen LogP contribution in [0.4, 0.5) is 19.2 Å². The number of carbonyl (C=O) groups is 4. The topological polar surface area (TPSA) is 409 Å². The number of thioether (sulfide) groups is 1. The Morgan fingerprint density at radius 2 is 0.831 bits per heavy atom. The molecule has 42 heteroatoms. The fourth-order valence-corrected chi connectivity index (χ4v) is 9.42. The number of alkyl halides is 12. The first-order chi connectivity index (χ1) is 38.6. The highest BCUT2D eigenvalue weighted by atomic mass is 35.6. The van der Waals surface area contributed by atoms with Crippen LogP contribution < -0.4 is 21.3 Å². The number of methoxy groups -OCH3 is 1. The quantitative estimate of drug-likeness (QED) is 0.0288. The van der Waals surface area contributed by atoms with Gasteiger partial charge in [-0.25, -0.2) is 19.2 Å². The molecule has 0 bridgehead atoms. The van der Waals surface area contributed by atoms with Gasteiger partial charge in [0.1, 0.15) is 118 Å². The normalized spacial score (nSPS) is 34.6. The average Bonchev–Trinajstić information content (AvgIpc) is 3.40. The summed E-state index contributed by atoms with van der Waals surface area (Å²) in [5.74, 6) is 0.0182. The monoisotopic (exact) mass is 1460 g/mol. The van der Waals surface area contributed by atoms with Crippen molar-refractivity contribution >= 4 is 175 Å². The molecule has 0 aromatic carbocycles. The minimum atomic E-state index is -2.11. The second-order valence-corrected chi connectivity index (χ2v) is 29.1. The maximum Gasteiger partial charge on any atom is 0.407 e. The van der Waals surface area contributed by atoms with E-state index < -0.39 is 208 Å². The van der Waals surface area contributed by atoms with Crippen LogP contribution in [-0.4, -0.2) is 280 Å². The largest absolute Gasteiger partial charge is 0.445 e. The molecule has 0 spiro atoms. The number of rotatable bonds is 23. The summed E-state index contributed by atoms with van der Waals surface area (Å²) in [5, 5.41) is 107. The van der Waals surface area contributed by atoms with E-state index in [1.807, 2.05) is 0 Å². The summed E-state index contributed by atoms with van der Waals surface area (Å²) in [7, 11) is 1.15. The van der Waals surface area contributed by atoms with Crippen LogP contribution in [0.2, 0.25) is 0 Å². The Kier molecular flexibility index (Phi) is 31.3. The summed E-state index contributed by atoms with van der Waals surface area (Å²) in [4.78, 5) is 51.1. The third-order valence-electron chi connectivity index (χ3n) is 11.7. The Bertz CT molecular complexity index is 2080. The van der Waals surface area contributed by atoms with E-state index in [1.165, 1.54) is 6.08 Å². The lowest BCUT2D eigenvalue weighted by Gasteiger charge is -2.48. The van der Waals surface area contributed by atoms with Crippen molar-refractivity contribution in [2.24, 2.45) is 0 Å². The van der Waals surface area contributed by atoms with Crippen molar-refractivity contribution in [3.63, 3.8) is 0 Å². The van der Waals surface area contributed by atoms with Crippen LogP contribution in [0.3, 0.4) is 0 Å². The molecule has 13 N–H and O–H groups in total. The lowest BCUT2D eigenvalue weighted by Crippen LogP contribution is -2.70. The van der Waals surface area contributed by atoms with Crippen LogP contribution in [0.1, 0.15) is 0 Å². The molecule has 4 fully saturated rings. The minimum absolute atomic E-state index is 0.0991. The molecule has 0 aliphatic carbocycles. The summed E-state index contributed by atoms with van der Waals surface area (Å²) < 4.78 is 57.7. The van der Waals surface area contributed by atoms with E-state index in [9.17, 15) is 65.1 Å². The molecular formula is C41H58Cl12N4O25S. The zero-order valence-electron chi connectivity index (χ0n) is 42.3. The van der Waals surface area contributed by atoms with Crippen LogP contribution in [0.5, 0.6) is 0 Å². The van der Waals surface area contributed by atoms with Gasteiger partial charge >= 0.3 is 24.4 Å². The van der Waals surface area contributed by atoms with Crippen molar-refractivity contribution in [2.75, 3.05) is 71.5 Å². The average molecular weight is 1460 g/mol. The summed E-state index contributed by atoms with van der Waals surface area (Å²) in [6, 6.07) is -6.54. The van der Waals surface area contributed by atoms with Crippen LogP contribution >= 0.6 is 151 Å². The highest BCUT2D eigenvalue weighted by Crippen LogP contribution is 2.34. The molecule has 0 unspecified atom stereocenters. The fraction of sp³-hybridized carbons (Fsp3) is 0.854. The first kappa shape index (κ1) is 75.4. The molecule has 4 amide bonds. The van der Waals surface area contributed by atoms with Gasteiger partial charge in [0.2, 0.25) is 15.2 Å². The number of ether oxygens (including phenoxy) is 12. The molecule has 83 heavy (non-hydrogen) atoms. The van der Waals surface area contributed by atoms with E-state index in [4.69, 9.17) is 196 Å². The number of aliphatic hydroxyl groups excluding tert-OH is 9. The van der Waals surface area contributed by atoms with Gasteiger partial charge < -0.3 is 124 Å². The second-order valence-electron chi connectivity index (χ2n) is 17.9. The first-order valence-electron chi connectivity index (χ1n) is 23.8. The van der Waals surface area contributed by atoms with Gasteiger partial charge in [0, 0.05) is 18.6 Å². The number of halogens is 12. The zero-order chi connectivity index (χ0) is 62.4. The number of nitrogens with one attached hydrogen (secondary N) is 4. The lowest BCUT2D eigenvalue weighted by molar-refractivity contribution is -0.327. The van der Waals surface area contributed by atoms with Crippen LogP contribution in [0.15, 0.2) is 12.2 Å². The summed E-state index contributed by atoms with van der Waals surface area (Å²) in [6.45, 7) is -5.90. The Morgan fingerprint density at radius 1 is 0.470 bits per heavy atom. The Morgan fingerprint density at radius 3 is 1.28 bits per heavy atom. The summed E-state index contributed by atoms with van der Waals surface area (Å²) >= 11 is 69.4. The Balaban J connectivity index is 1.48. The second kappa shape index (κ2) is 34.4. The van der Waals surface area contributed by atoms with Gasteiger partial charge in [0.15, 0.2) is 25.2 Å². The van der Waals surface area contributed by atoms with Crippen LogP contribution in [-0.2, 0) is 56.8 Å². The van der Waals surface area contributed by atoms with Gasteiger partial charge in [-0.1, -0.05) is 151 Å². The maximum absolute atomic E-state index is 13.1. The third-order valence-corrected chi connectivity index (χ3v) is 14.0. The van der Waals surface area contributed by atoms with Crippen molar-refractivity contribution < 1.29 is 122 Å². The Labute approximate surface area is 536 Å². The number of alkyl carbamates (subject to hydrolysis) is 4. The molecule has 29 nitrogen and oxygen atoms in total. The number of hydrogen-bond acceptors (Lipinski definition) is 26. The molecule has 0 aromatic rings. The van der Waals surface area contributed by atoms with Gasteiger partial charge in [-0.2, -0.15) is 11.8 Å². The van der Waals surface area contributed by atoms with Crippen molar-refractivity contribution in [3.05, 3.63) is 12.2 Å². The smallest absolute Gasteiger partial charge is 0.407 e. The molecule has 0 saturated carbocycles. The van der Waals surface area contributed by atoms with Gasteiger partial charge in [-0.3, -0.25) is 0 Å². The molecule has 4 aliphatic heterocycles.